The maximum atomic E-state index is 12.1. The van der Waals surface area contributed by atoms with Gasteiger partial charge in [0.1, 0.15) is 5.78 Å². The molecule has 0 aromatic heterocycles. The van der Waals surface area contributed by atoms with Crippen LogP contribution in [-0.4, -0.2) is 29.7 Å². The predicted molar refractivity (Wildman–Crippen MR) is 75.7 cm³/mol. The summed E-state index contributed by atoms with van der Waals surface area (Å²) in [5, 5.41) is 0. The molecule has 3 heteroatoms. The maximum Gasteiger partial charge on any atom is 0.219 e. The highest BCUT2D eigenvalue weighted by Crippen LogP contribution is 2.46. The Bertz CT molecular complexity index is 344. The first-order valence-electron chi connectivity index (χ1n) is 7.73. The number of hydrogen-bond acceptors (Lipinski definition) is 2. The van der Waals surface area contributed by atoms with Crippen LogP contribution in [0.1, 0.15) is 59.3 Å². The molecule has 19 heavy (non-hydrogen) atoms. The fourth-order valence-corrected chi connectivity index (χ4v) is 3.78. The highest BCUT2D eigenvalue weighted by molar-refractivity contribution is 5.82. The van der Waals surface area contributed by atoms with Crippen LogP contribution >= 0.6 is 0 Å². The van der Waals surface area contributed by atoms with E-state index in [2.05, 4.69) is 0 Å². The molecule has 2 aliphatic rings. The minimum Gasteiger partial charge on any atom is -0.343 e. The van der Waals surface area contributed by atoms with Gasteiger partial charge in [-0.2, -0.15) is 0 Å². The number of hydrogen-bond donors (Lipinski definition) is 0. The molecule has 108 valence electrons. The van der Waals surface area contributed by atoms with Crippen molar-refractivity contribution in [2.45, 2.75) is 59.3 Å². The third kappa shape index (κ3) is 3.18. The molecule has 1 amide bonds. The fraction of sp³-hybridized carbons (Fsp3) is 0.875. The van der Waals surface area contributed by atoms with E-state index in [1.54, 1.807) is 6.92 Å². The molecule has 1 heterocycles. The second kappa shape index (κ2) is 5.64. The van der Waals surface area contributed by atoms with Gasteiger partial charge in [0.05, 0.1) is 0 Å². The number of carbonyl (C=O) groups excluding carboxylic acids is 2. The lowest BCUT2D eigenvalue weighted by molar-refractivity contribution is -0.132. The first-order valence-corrected chi connectivity index (χ1v) is 7.73. The Labute approximate surface area is 116 Å². The van der Waals surface area contributed by atoms with Crippen molar-refractivity contribution < 1.29 is 9.59 Å². The minimum absolute atomic E-state index is 0.179. The Hall–Kier alpha value is -0.860. The highest BCUT2D eigenvalue weighted by atomic mass is 16.2. The van der Waals surface area contributed by atoms with Crippen molar-refractivity contribution in [2.75, 3.05) is 13.1 Å². The second-order valence-corrected chi connectivity index (χ2v) is 6.84. The third-order valence-corrected chi connectivity index (χ3v) is 5.29. The van der Waals surface area contributed by atoms with E-state index in [9.17, 15) is 9.59 Å². The van der Waals surface area contributed by atoms with Crippen LogP contribution in [0.4, 0.5) is 0 Å². The van der Waals surface area contributed by atoms with Crippen LogP contribution in [-0.2, 0) is 9.59 Å². The average Bonchev–Trinajstić information content (AvgIpc) is 2.39. The first-order chi connectivity index (χ1) is 8.93. The van der Waals surface area contributed by atoms with Crippen molar-refractivity contribution in [1.82, 2.24) is 4.90 Å². The molecule has 0 atom stereocenters. The maximum absolute atomic E-state index is 12.1. The number of piperidine rings is 1. The van der Waals surface area contributed by atoms with Gasteiger partial charge >= 0.3 is 0 Å². The van der Waals surface area contributed by atoms with E-state index in [4.69, 9.17) is 0 Å². The summed E-state index contributed by atoms with van der Waals surface area (Å²) in [5.41, 5.74) is 0.430. The Morgan fingerprint density at radius 2 is 1.58 bits per heavy atom. The van der Waals surface area contributed by atoms with Gasteiger partial charge in [-0.1, -0.05) is 13.8 Å². The Morgan fingerprint density at radius 1 is 1.05 bits per heavy atom. The third-order valence-electron chi connectivity index (χ3n) is 5.29. The van der Waals surface area contributed by atoms with Crippen LogP contribution in [0.5, 0.6) is 0 Å². The number of rotatable bonds is 2. The summed E-state index contributed by atoms with van der Waals surface area (Å²) in [6.07, 6.45) is 6.77. The van der Waals surface area contributed by atoms with Crippen molar-refractivity contribution in [2.24, 2.45) is 17.3 Å². The van der Waals surface area contributed by atoms with E-state index in [0.29, 0.717) is 17.1 Å². The van der Waals surface area contributed by atoms with Crippen LogP contribution in [0.15, 0.2) is 0 Å². The number of likely N-dealkylation sites (tertiary alicyclic amines) is 1. The van der Waals surface area contributed by atoms with E-state index in [1.807, 2.05) is 18.7 Å². The van der Waals surface area contributed by atoms with E-state index in [-0.39, 0.29) is 11.8 Å². The van der Waals surface area contributed by atoms with Crippen molar-refractivity contribution in [3.63, 3.8) is 0 Å². The normalized spacial score (nSPS) is 23.9. The molecule has 2 rings (SSSR count). The molecule has 0 aromatic carbocycles. The molecule has 0 radical (unpaired) electrons. The van der Waals surface area contributed by atoms with Gasteiger partial charge in [-0.3, -0.25) is 9.59 Å². The molecule has 3 nitrogen and oxygen atoms in total. The summed E-state index contributed by atoms with van der Waals surface area (Å²) in [6.45, 7) is 7.52. The van der Waals surface area contributed by atoms with E-state index < -0.39 is 0 Å². The quantitative estimate of drug-likeness (QED) is 0.769. The number of carbonyl (C=O) groups is 2. The van der Waals surface area contributed by atoms with E-state index in [0.717, 1.165) is 38.8 Å². The topological polar surface area (TPSA) is 37.4 Å². The fourth-order valence-electron chi connectivity index (χ4n) is 3.78. The van der Waals surface area contributed by atoms with Crippen LogP contribution < -0.4 is 0 Å². The standard InChI is InChI=1S/C16H27NO2/c1-12(2)15(19)14-4-6-16(7-5-14)8-10-17(11-9-16)13(3)18/h12,14H,4-11H2,1-3H3. The summed E-state index contributed by atoms with van der Waals surface area (Å²) in [6, 6.07) is 0. The van der Waals surface area contributed by atoms with Crippen LogP contribution in [0.2, 0.25) is 0 Å². The lowest BCUT2D eigenvalue weighted by atomic mass is 9.64. The zero-order chi connectivity index (χ0) is 14.0. The lowest BCUT2D eigenvalue weighted by Gasteiger charge is -2.45. The molecule has 1 aliphatic carbocycles. The molecule has 0 bridgehead atoms. The van der Waals surface area contributed by atoms with Gasteiger partial charge in [-0.15, -0.1) is 0 Å². The van der Waals surface area contributed by atoms with Crippen molar-refractivity contribution in [3.05, 3.63) is 0 Å². The summed E-state index contributed by atoms with van der Waals surface area (Å²) < 4.78 is 0. The Kier molecular flexibility index (Phi) is 4.32. The van der Waals surface area contributed by atoms with Gasteiger partial charge < -0.3 is 4.90 Å². The minimum atomic E-state index is 0.179. The average molecular weight is 265 g/mol. The molecule has 0 aromatic rings. The number of nitrogens with zero attached hydrogens (tertiary/aromatic N) is 1. The smallest absolute Gasteiger partial charge is 0.219 e. The van der Waals surface area contributed by atoms with Crippen LogP contribution in [0.3, 0.4) is 0 Å². The molecule has 1 aliphatic heterocycles. The molecule has 0 unspecified atom stereocenters. The summed E-state index contributed by atoms with van der Waals surface area (Å²) >= 11 is 0. The van der Waals surface area contributed by atoms with E-state index in [1.165, 1.54) is 12.8 Å². The van der Waals surface area contributed by atoms with Crippen LogP contribution in [0, 0.1) is 17.3 Å². The first kappa shape index (κ1) is 14.5. The zero-order valence-electron chi connectivity index (χ0n) is 12.6. The van der Waals surface area contributed by atoms with Gasteiger partial charge in [0, 0.05) is 31.8 Å². The Morgan fingerprint density at radius 3 is 2.00 bits per heavy atom. The monoisotopic (exact) mass is 265 g/mol. The van der Waals surface area contributed by atoms with Crippen molar-refractivity contribution >= 4 is 11.7 Å². The predicted octanol–water partition coefficient (Wildman–Crippen LogP) is 3.03. The number of ketones is 1. The van der Waals surface area contributed by atoms with Crippen molar-refractivity contribution in [3.8, 4) is 0 Å². The number of amides is 1. The van der Waals surface area contributed by atoms with Crippen molar-refractivity contribution in [1.29, 1.82) is 0 Å². The lowest BCUT2D eigenvalue weighted by Crippen LogP contribution is -2.44. The van der Waals surface area contributed by atoms with Gasteiger partial charge in [0.25, 0.3) is 0 Å². The molecule has 1 saturated carbocycles. The zero-order valence-corrected chi connectivity index (χ0v) is 12.6. The number of Topliss-reactive ketones (excluding diaryl/α,β-unsaturated/α-hetero) is 1. The summed E-state index contributed by atoms with van der Waals surface area (Å²) in [7, 11) is 0. The van der Waals surface area contributed by atoms with Gasteiger partial charge in [0.2, 0.25) is 5.91 Å². The highest BCUT2D eigenvalue weighted by Gasteiger charge is 2.40. The second-order valence-electron chi connectivity index (χ2n) is 6.84. The van der Waals surface area contributed by atoms with Crippen LogP contribution in [0.25, 0.3) is 0 Å². The largest absolute Gasteiger partial charge is 0.343 e. The SMILES string of the molecule is CC(=O)N1CCC2(CCC(C(=O)C(C)C)CC2)CC1. The summed E-state index contributed by atoms with van der Waals surface area (Å²) in [4.78, 5) is 25.4. The molecule has 1 spiro atoms. The van der Waals surface area contributed by atoms with Gasteiger partial charge in [-0.05, 0) is 43.9 Å². The molecular formula is C16H27NO2. The Balaban J connectivity index is 1.87. The molecule has 2 fully saturated rings. The van der Waals surface area contributed by atoms with Gasteiger partial charge in [0.15, 0.2) is 0 Å². The molecule has 1 saturated heterocycles. The van der Waals surface area contributed by atoms with E-state index >= 15 is 0 Å². The molecule has 0 N–H and O–H groups in total. The molecular weight excluding hydrogens is 238 g/mol. The summed E-state index contributed by atoms with van der Waals surface area (Å²) in [5.74, 6) is 1.14. The van der Waals surface area contributed by atoms with Gasteiger partial charge in [-0.25, -0.2) is 0 Å².